The Morgan fingerprint density at radius 1 is 1.39 bits per heavy atom. The summed E-state index contributed by atoms with van der Waals surface area (Å²) in [6.45, 7) is 4.95. The molecule has 0 unspecified atom stereocenters. The van der Waals surface area contributed by atoms with Crippen molar-refractivity contribution in [3.05, 3.63) is 35.0 Å². The molecule has 3 nitrogen and oxygen atoms in total. The zero-order valence-corrected chi connectivity index (χ0v) is 11.4. The fourth-order valence-electron chi connectivity index (χ4n) is 2.17. The van der Waals surface area contributed by atoms with Gasteiger partial charge in [0.25, 0.3) is 0 Å². The van der Waals surface area contributed by atoms with E-state index in [9.17, 15) is 0 Å². The van der Waals surface area contributed by atoms with Crippen LogP contribution in [0.5, 0.6) is 0 Å². The molecule has 1 aromatic carbocycles. The molecule has 0 aliphatic carbocycles. The van der Waals surface area contributed by atoms with Crippen molar-refractivity contribution in [3.8, 4) is 0 Å². The number of fused-ring (bicyclic) bond motifs is 1. The third-order valence-electron chi connectivity index (χ3n) is 3.05. The highest BCUT2D eigenvalue weighted by Crippen LogP contribution is 2.25. The first kappa shape index (κ1) is 13.4. The Morgan fingerprint density at radius 3 is 2.94 bits per heavy atom. The number of aliphatic hydroxyl groups excluding tert-OH is 1. The van der Waals surface area contributed by atoms with Gasteiger partial charge in [0.2, 0.25) is 0 Å². The monoisotopic (exact) mass is 266 g/mol. The number of nitrogens with zero attached hydrogens (tertiary/aromatic N) is 1. The first-order valence-corrected chi connectivity index (χ1v) is 6.73. The van der Waals surface area contributed by atoms with Gasteiger partial charge < -0.3 is 15.0 Å². The summed E-state index contributed by atoms with van der Waals surface area (Å²) in [5.41, 5.74) is 2.42. The van der Waals surface area contributed by atoms with Crippen molar-refractivity contribution in [2.75, 3.05) is 13.2 Å². The number of halogens is 1. The van der Waals surface area contributed by atoms with Crippen LogP contribution in [0.2, 0.25) is 5.02 Å². The zero-order chi connectivity index (χ0) is 13.0. The minimum Gasteiger partial charge on any atom is -0.396 e. The van der Waals surface area contributed by atoms with Crippen LogP contribution >= 0.6 is 11.6 Å². The number of aryl methyl sites for hydroxylation is 1. The molecule has 0 saturated heterocycles. The lowest BCUT2D eigenvalue weighted by molar-refractivity contribution is 0.280. The third-order valence-corrected chi connectivity index (χ3v) is 3.28. The molecule has 0 aliphatic heterocycles. The molecule has 0 aliphatic rings. The van der Waals surface area contributed by atoms with E-state index in [1.807, 2.05) is 12.1 Å². The van der Waals surface area contributed by atoms with Crippen molar-refractivity contribution in [2.24, 2.45) is 0 Å². The van der Waals surface area contributed by atoms with Crippen molar-refractivity contribution in [1.29, 1.82) is 0 Å². The van der Waals surface area contributed by atoms with Gasteiger partial charge in [0.05, 0.1) is 0 Å². The average molecular weight is 267 g/mol. The van der Waals surface area contributed by atoms with Crippen molar-refractivity contribution in [3.63, 3.8) is 0 Å². The Morgan fingerprint density at radius 2 is 2.22 bits per heavy atom. The van der Waals surface area contributed by atoms with Crippen LogP contribution in [0.1, 0.15) is 18.9 Å². The summed E-state index contributed by atoms with van der Waals surface area (Å²) in [6, 6.07) is 5.99. The van der Waals surface area contributed by atoms with E-state index < -0.39 is 0 Å². The predicted octanol–water partition coefficient (Wildman–Crippen LogP) is 2.79. The van der Waals surface area contributed by atoms with Crippen LogP contribution < -0.4 is 5.32 Å². The molecule has 98 valence electrons. The molecule has 0 fully saturated rings. The molecule has 0 saturated carbocycles. The van der Waals surface area contributed by atoms with E-state index in [1.54, 1.807) is 0 Å². The molecule has 0 bridgehead atoms. The van der Waals surface area contributed by atoms with E-state index >= 15 is 0 Å². The zero-order valence-electron chi connectivity index (χ0n) is 10.6. The summed E-state index contributed by atoms with van der Waals surface area (Å²) < 4.78 is 2.17. The second-order valence-corrected chi connectivity index (χ2v) is 4.80. The predicted molar refractivity (Wildman–Crippen MR) is 76.0 cm³/mol. The highest BCUT2D eigenvalue weighted by atomic mass is 35.5. The maximum Gasteiger partial charge on any atom is 0.0498 e. The Kier molecular flexibility index (Phi) is 4.64. The van der Waals surface area contributed by atoms with Gasteiger partial charge in [0.15, 0.2) is 0 Å². The molecule has 4 heteroatoms. The van der Waals surface area contributed by atoms with Crippen LogP contribution in [-0.2, 0) is 13.1 Å². The topological polar surface area (TPSA) is 37.2 Å². The van der Waals surface area contributed by atoms with Gasteiger partial charge in [-0.1, -0.05) is 24.6 Å². The second kappa shape index (κ2) is 6.23. The number of rotatable bonds is 6. The molecule has 2 N–H and O–H groups in total. The molecule has 1 aromatic heterocycles. The molecular weight excluding hydrogens is 248 g/mol. The molecule has 0 spiro atoms. The normalized spacial score (nSPS) is 11.3. The summed E-state index contributed by atoms with van der Waals surface area (Å²) in [5.74, 6) is 0. The van der Waals surface area contributed by atoms with Crippen LogP contribution in [0, 0.1) is 0 Å². The van der Waals surface area contributed by atoms with Gasteiger partial charge in [-0.25, -0.2) is 0 Å². The number of aliphatic hydroxyl groups is 1. The molecular formula is C14H19ClN2O. The SMILES string of the molecule is CCNCc1cn(CCCO)c2cc(Cl)ccc12. The van der Waals surface area contributed by atoms with E-state index in [0.717, 1.165) is 36.6 Å². The lowest BCUT2D eigenvalue weighted by Gasteiger charge is -2.03. The first-order chi connectivity index (χ1) is 8.76. The highest BCUT2D eigenvalue weighted by Gasteiger charge is 2.08. The molecule has 0 radical (unpaired) electrons. The van der Waals surface area contributed by atoms with Crippen LogP contribution in [0.4, 0.5) is 0 Å². The van der Waals surface area contributed by atoms with E-state index in [1.165, 1.54) is 10.9 Å². The highest BCUT2D eigenvalue weighted by molar-refractivity contribution is 6.31. The van der Waals surface area contributed by atoms with Gasteiger partial charge in [0, 0.05) is 41.8 Å². The van der Waals surface area contributed by atoms with Crippen molar-refractivity contribution < 1.29 is 5.11 Å². The van der Waals surface area contributed by atoms with E-state index in [-0.39, 0.29) is 6.61 Å². The van der Waals surface area contributed by atoms with E-state index in [0.29, 0.717) is 0 Å². The van der Waals surface area contributed by atoms with Gasteiger partial charge in [-0.3, -0.25) is 0 Å². The standard InChI is InChI=1S/C14H19ClN2O/c1-2-16-9-11-10-17(6-3-7-18)14-8-12(15)4-5-13(11)14/h4-5,8,10,16,18H,2-3,6-7,9H2,1H3. The van der Waals surface area contributed by atoms with Crippen LogP contribution in [0.15, 0.2) is 24.4 Å². The van der Waals surface area contributed by atoms with Crippen LogP contribution in [0.25, 0.3) is 10.9 Å². The maximum absolute atomic E-state index is 8.95. The Labute approximate surface area is 112 Å². The number of nitrogens with one attached hydrogen (secondary N) is 1. The lowest BCUT2D eigenvalue weighted by atomic mass is 10.2. The van der Waals surface area contributed by atoms with Crippen molar-refractivity contribution in [1.82, 2.24) is 9.88 Å². The van der Waals surface area contributed by atoms with E-state index in [4.69, 9.17) is 16.7 Å². The van der Waals surface area contributed by atoms with Gasteiger partial charge in [-0.05, 0) is 30.7 Å². The Bertz CT molecular complexity index is 522. The maximum atomic E-state index is 8.95. The Hall–Kier alpha value is -1.03. The molecule has 1 heterocycles. The van der Waals surface area contributed by atoms with Crippen molar-refractivity contribution in [2.45, 2.75) is 26.4 Å². The fraction of sp³-hybridized carbons (Fsp3) is 0.429. The minimum atomic E-state index is 0.211. The van der Waals surface area contributed by atoms with Crippen LogP contribution in [0.3, 0.4) is 0 Å². The number of hydrogen-bond acceptors (Lipinski definition) is 2. The average Bonchev–Trinajstić information content (AvgIpc) is 2.71. The van der Waals surface area contributed by atoms with Crippen molar-refractivity contribution >= 4 is 22.5 Å². The van der Waals surface area contributed by atoms with E-state index in [2.05, 4.69) is 29.1 Å². The lowest BCUT2D eigenvalue weighted by Crippen LogP contribution is -2.11. The largest absolute Gasteiger partial charge is 0.396 e. The molecule has 2 rings (SSSR count). The smallest absolute Gasteiger partial charge is 0.0498 e. The second-order valence-electron chi connectivity index (χ2n) is 4.37. The number of benzene rings is 1. The fourth-order valence-corrected chi connectivity index (χ4v) is 2.33. The summed E-state index contributed by atoms with van der Waals surface area (Å²) in [4.78, 5) is 0. The van der Waals surface area contributed by atoms with Gasteiger partial charge in [-0.2, -0.15) is 0 Å². The first-order valence-electron chi connectivity index (χ1n) is 6.35. The Balaban J connectivity index is 2.39. The molecule has 18 heavy (non-hydrogen) atoms. The minimum absolute atomic E-state index is 0.211. The van der Waals surface area contributed by atoms with Crippen LogP contribution in [-0.4, -0.2) is 22.8 Å². The molecule has 2 aromatic rings. The summed E-state index contributed by atoms with van der Waals surface area (Å²) >= 11 is 6.06. The number of hydrogen-bond donors (Lipinski definition) is 2. The molecule has 0 amide bonds. The molecule has 0 atom stereocenters. The third kappa shape index (κ3) is 2.86. The summed E-state index contributed by atoms with van der Waals surface area (Å²) in [6.07, 6.45) is 2.91. The summed E-state index contributed by atoms with van der Waals surface area (Å²) in [5, 5.41) is 14.3. The van der Waals surface area contributed by atoms with Gasteiger partial charge in [-0.15, -0.1) is 0 Å². The van der Waals surface area contributed by atoms with Gasteiger partial charge >= 0.3 is 0 Å². The quantitative estimate of drug-likeness (QED) is 0.844. The number of aromatic nitrogens is 1. The van der Waals surface area contributed by atoms with Gasteiger partial charge in [0.1, 0.15) is 0 Å². The summed E-state index contributed by atoms with van der Waals surface area (Å²) in [7, 11) is 0.